The van der Waals surface area contributed by atoms with Crippen molar-refractivity contribution in [3.8, 4) is 0 Å². The Balaban J connectivity index is 1.47. The summed E-state index contributed by atoms with van der Waals surface area (Å²) in [6, 6.07) is 5.75. The molecule has 2 aromatic rings. The molecule has 0 radical (unpaired) electrons. The number of rotatable bonds is 3. The summed E-state index contributed by atoms with van der Waals surface area (Å²) in [6.45, 7) is 2.33. The molecule has 1 N–H and O–H groups in total. The van der Waals surface area contributed by atoms with Crippen LogP contribution in [0, 0.1) is 12.8 Å². The Hall–Kier alpha value is -2.37. The molecule has 6 nitrogen and oxygen atoms in total. The van der Waals surface area contributed by atoms with E-state index in [1.807, 2.05) is 4.90 Å². The predicted molar refractivity (Wildman–Crippen MR) is 80.2 cm³/mol. The predicted octanol–water partition coefficient (Wildman–Crippen LogP) is 2.09. The topological polar surface area (TPSA) is 75.4 Å². The number of aromatic nitrogens is 1. The molecule has 2 amide bonds. The average molecular weight is 299 g/mol. The fourth-order valence-electron chi connectivity index (χ4n) is 3.01. The van der Waals surface area contributed by atoms with Gasteiger partial charge < -0.3 is 14.6 Å². The van der Waals surface area contributed by atoms with E-state index < -0.39 is 0 Å². The van der Waals surface area contributed by atoms with E-state index in [0.717, 1.165) is 18.4 Å². The Labute approximate surface area is 127 Å². The second-order valence-corrected chi connectivity index (χ2v) is 6.08. The molecule has 1 aliphatic carbocycles. The molecular weight excluding hydrogens is 282 g/mol. The van der Waals surface area contributed by atoms with Crippen molar-refractivity contribution in [2.24, 2.45) is 5.92 Å². The van der Waals surface area contributed by atoms with Gasteiger partial charge in [0.05, 0.1) is 5.92 Å². The summed E-state index contributed by atoms with van der Waals surface area (Å²) in [5.74, 6) is 0.337. The van der Waals surface area contributed by atoms with Crippen molar-refractivity contribution < 1.29 is 14.0 Å². The Morgan fingerprint density at radius 1 is 1.41 bits per heavy atom. The first-order chi connectivity index (χ1) is 10.6. The van der Waals surface area contributed by atoms with Gasteiger partial charge >= 0.3 is 0 Å². The van der Waals surface area contributed by atoms with Crippen LogP contribution in [-0.4, -0.2) is 34.3 Å². The third-order valence-electron chi connectivity index (χ3n) is 4.28. The zero-order valence-corrected chi connectivity index (χ0v) is 12.3. The number of aryl methyl sites for hydroxylation is 1. The van der Waals surface area contributed by atoms with E-state index in [2.05, 4.69) is 10.3 Å². The molecule has 1 aliphatic heterocycles. The van der Waals surface area contributed by atoms with Crippen LogP contribution in [0.15, 0.2) is 22.6 Å². The van der Waals surface area contributed by atoms with Crippen molar-refractivity contribution in [1.82, 2.24) is 9.88 Å². The van der Waals surface area contributed by atoms with Gasteiger partial charge in [-0.25, -0.2) is 4.98 Å². The lowest BCUT2D eigenvalue weighted by Crippen LogP contribution is -2.29. The van der Waals surface area contributed by atoms with Crippen LogP contribution in [-0.2, 0) is 9.59 Å². The maximum atomic E-state index is 12.4. The van der Waals surface area contributed by atoms with Crippen LogP contribution >= 0.6 is 0 Å². The molecule has 2 fully saturated rings. The molecule has 2 aliphatic rings. The van der Waals surface area contributed by atoms with Crippen LogP contribution in [0.4, 0.5) is 5.69 Å². The first-order valence-electron chi connectivity index (χ1n) is 7.57. The van der Waals surface area contributed by atoms with Gasteiger partial charge in [0.25, 0.3) is 0 Å². The summed E-state index contributed by atoms with van der Waals surface area (Å²) in [7, 11) is 0. The molecule has 2 heterocycles. The minimum Gasteiger partial charge on any atom is -0.441 e. The number of nitrogens with zero attached hydrogens (tertiary/aromatic N) is 2. The Morgan fingerprint density at radius 2 is 2.23 bits per heavy atom. The van der Waals surface area contributed by atoms with E-state index in [-0.39, 0.29) is 17.7 Å². The van der Waals surface area contributed by atoms with E-state index in [1.54, 1.807) is 25.1 Å². The number of carbonyl (C=O) groups excluding carboxylic acids is 2. The molecule has 0 bridgehead atoms. The fraction of sp³-hybridized carbons (Fsp3) is 0.438. The zero-order valence-electron chi connectivity index (χ0n) is 12.3. The molecule has 1 aromatic carbocycles. The van der Waals surface area contributed by atoms with Crippen LogP contribution in [0.5, 0.6) is 0 Å². The average Bonchev–Trinajstić information content (AvgIpc) is 3.14. The number of hydrogen-bond donors (Lipinski definition) is 1. The molecule has 1 atom stereocenters. The molecule has 1 saturated carbocycles. The Kier molecular flexibility index (Phi) is 2.92. The van der Waals surface area contributed by atoms with Crippen LogP contribution in [0.3, 0.4) is 0 Å². The van der Waals surface area contributed by atoms with Crippen molar-refractivity contribution in [2.45, 2.75) is 32.2 Å². The molecule has 6 heteroatoms. The Morgan fingerprint density at radius 3 is 3.00 bits per heavy atom. The largest absolute Gasteiger partial charge is 0.441 e. The monoisotopic (exact) mass is 299 g/mol. The van der Waals surface area contributed by atoms with Gasteiger partial charge in [-0.15, -0.1) is 0 Å². The molecule has 1 saturated heterocycles. The molecule has 114 valence electrons. The highest BCUT2D eigenvalue weighted by atomic mass is 16.3. The number of amides is 2. The molecule has 0 spiro atoms. The quantitative estimate of drug-likeness (QED) is 0.941. The van der Waals surface area contributed by atoms with Gasteiger partial charge in [-0.05, 0) is 31.0 Å². The second-order valence-electron chi connectivity index (χ2n) is 6.08. The number of fused-ring (bicyclic) bond motifs is 1. The van der Waals surface area contributed by atoms with Crippen molar-refractivity contribution in [3.05, 3.63) is 24.1 Å². The summed E-state index contributed by atoms with van der Waals surface area (Å²) in [6.07, 6.45) is 2.46. The van der Waals surface area contributed by atoms with E-state index in [4.69, 9.17) is 4.42 Å². The van der Waals surface area contributed by atoms with Gasteiger partial charge in [-0.3, -0.25) is 9.59 Å². The third-order valence-corrected chi connectivity index (χ3v) is 4.28. The molecule has 4 rings (SSSR count). The van der Waals surface area contributed by atoms with Crippen molar-refractivity contribution in [1.29, 1.82) is 0 Å². The zero-order chi connectivity index (χ0) is 15.3. The van der Waals surface area contributed by atoms with Crippen LogP contribution in [0.25, 0.3) is 11.1 Å². The van der Waals surface area contributed by atoms with Gasteiger partial charge in [0, 0.05) is 31.6 Å². The fourth-order valence-corrected chi connectivity index (χ4v) is 3.01. The lowest BCUT2D eigenvalue weighted by Gasteiger charge is -2.15. The number of nitrogens with one attached hydrogen (secondary N) is 1. The highest BCUT2D eigenvalue weighted by Gasteiger charge is 2.41. The maximum Gasteiger partial charge on any atom is 0.229 e. The van der Waals surface area contributed by atoms with Crippen molar-refractivity contribution >= 4 is 28.6 Å². The first kappa shape index (κ1) is 13.3. The molecule has 22 heavy (non-hydrogen) atoms. The number of hydrogen-bond acceptors (Lipinski definition) is 4. The van der Waals surface area contributed by atoms with Crippen molar-refractivity contribution in [3.63, 3.8) is 0 Å². The number of carbonyl (C=O) groups is 2. The summed E-state index contributed by atoms with van der Waals surface area (Å²) in [5, 5.41) is 2.89. The third kappa shape index (κ3) is 2.34. The van der Waals surface area contributed by atoms with Gasteiger partial charge in [0.15, 0.2) is 11.5 Å². The minimum atomic E-state index is -0.261. The number of benzene rings is 1. The lowest BCUT2D eigenvalue weighted by atomic mass is 10.1. The van der Waals surface area contributed by atoms with E-state index >= 15 is 0 Å². The summed E-state index contributed by atoms with van der Waals surface area (Å²) < 4.78 is 5.41. The van der Waals surface area contributed by atoms with E-state index in [1.165, 1.54) is 0 Å². The van der Waals surface area contributed by atoms with Gasteiger partial charge in [0.2, 0.25) is 11.8 Å². The van der Waals surface area contributed by atoms with E-state index in [0.29, 0.717) is 36.2 Å². The SMILES string of the molecule is Cc1nc2cc(NC(=O)C3CC(=O)N(C4CC4)C3)ccc2o1. The van der Waals surface area contributed by atoms with E-state index in [9.17, 15) is 9.59 Å². The molecule has 1 aromatic heterocycles. The molecular formula is C16H17N3O3. The summed E-state index contributed by atoms with van der Waals surface area (Å²) in [5.41, 5.74) is 2.10. The van der Waals surface area contributed by atoms with Crippen LogP contribution in [0.1, 0.15) is 25.2 Å². The summed E-state index contributed by atoms with van der Waals surface area (Å²) >= 11 is 0. The van der Waals surface area contributed by atoms with Gasteiger partial charge in [-0.1, -0.05) is 0 Å². The van der Waals surface area contributed by atoms with Crippen LogP contribution in [0.2, 0.25) is 0 Å². The smallest absolute Gasteiger partial charge is 0.229 e. The maximum absolute atomic E-state index is 12.4. The lowest BCUT2D eigenvalue weighted by molar-refractivity contribution is -0.128. The first-order valence-corrected chi connectivity index (χ1v) is 7.57. The number of oxazole rings is 1. The highest BCUT2D eigenvalue weighted by Crippen LogP contribution is 2.33. The van der Waals surface area contributed by atoms with Gasteiger partial charge in [0.1, 0.15) is 5.52 Å². The second kappa shape index (κ2) is 4.83. The standard InChI is InChI=1S/C16H17N3O3/c1-9-17-13-7-11(2-5-14(13)22-9)18-16(21)10-6-15(20)19(8-10)12-3-4-12/h2,5,7,10,12H,3-4,6,8H2,1H3,(H,18,21). The normalized spacial score (nSPS) is 21.6. The van der Waals surface area contributed by atoms with Crippen LogP contribution < -0.4 is 5.32 Å². The molecule has 1 unspecified atom stereocenters. The Bertz CT molecular complexity index is 763. The van der Waals surface area contributed by atoms with Gasteiger partial charge in [-0.2, -0.15) is 0 Å². The van der Waals surface area contributed by atoms with Crippen molar-refractivity contribution in [2.75, 3.05) is 11.9 Å². The highest BCUT2D eigenvalue weighted by molar-refractivity contribution is 5.98. The number of likely N-dealkylation sites (tertiary alicyclic amines) is 1. The minimum absolute atomic E-state index is 0.101. The number of anilines is 1. The summed E-state index contributed by atoms with van der Waals surface area (Å²) in [4.78, 5) is 30.4.